The molecule has 0 spiro atoms. The van der Waals surface area contributed by atoms with Crippen LogP contribution in [0.4, 0.5) is 0 Å². The summed E-state index contributed by atoms with van der Waals surface area (Å²) in [6.07, 6.45) is 2.18. The third-order valence-electron chi connectivity index (χ3n) is 3.08. The molecular weight excluding hydrogens is 229 g/mol. The molecule has 0 aliphatic carbocycles. The van der Waals surface area contributed by atoms with E-state index in [0.717, 1.165) is 25.9 Å². The zero-order chi connectivity index (χ0) is 10.8. The largest absolute Gasteiger partial charge is 0.316 e. The summed E-state index contributed by atoms with van der Waals surface area (Å²) in [6.45, 7) is 4.28. The Morgan fingerprint density at radius 1 is 1.33 bits per heavy atom. The third-order valence-corrected chi connectivity index (χ3v) is 3.80. The molecule has 1 N–H and O–H groups in total. The lowest BCUT2D eigenvalue weighted by Crippen LogP contribution is -2.19. The normalized spacial score (nSPS) is 20.9. The smallest absolute Gasteiger partial charge is 0.0595 e. The highest BCUT2D eigenvalue weighted by atomic mass is 35.5. The van der Waals surface area contributed by atoms with Gasteiger partial charge in [0.1, 0.15) is 0 Å². The number of hydrogen-bond acceptors (Lipinski definition) is 1. The molecule has 1 heterocycles. The number of halogens is 2. The summed E-state index contributed by atoms with van der Waals surface area (Å²) in [7, 11) is 0. The van der Waals surface area contributed by atoms with Crippen LogP contribution in [-0.2, 0) is 6.42 Å². The first kappa shape index (κ1) is 11.3. The van der Waals surface area contributed by atoms with Crippen LogP contribution in [0.5, 0.6) is 0 Å². The maximum atomic E-state index is 6.07. The van der Waals surface area contributed by atoms with E-state index in [4.69, 9.17) is 23.2 Å². The van der Waals surface area contributed by atoms with Crippen LogP contribution in [-0.4, -0.2) is 13.1 Å². The van der Waals surface area contributed by atoms with Gasteiger partial charge in [-0.2, -0.15) is 0 Å². The van der Waals surface area contributed by atoms with Gasteiger partial charge in [-0.05, 0) is 48.6 Å². The summed E-state index contributed by atoms with van der Waals surface area (Å²) in [4.78, 5) is 0. The summed E-state index contributed by atoms with van der Waals surface area (Å²) in [6, 6.07) is 4.06. The molecule has 0 bridgehead atoms. The van der Waals surface area contributed by atoms with Crippen LogP contribution in [0.15, 0.2) is 12.1 Å². The molecule has 15 heavy (non-hydrogen) atoms. The number of benzene rings is 1. The number of rotatable bonds is 1. The minimum atomic E-state index is 0.567. The number of fused-ring (bicyclic) bond motifs is 1. The molecule has 0 saturated heterocycles. The van der Waals surface area contributed by atoms with Gasteiger partial charge in [0.05, 0.1) is 10.0 Å². The van der Waals surface area contributed by atoms with Crippen molar-refractivity contribution in [2.75, 3.05) is 13.1 Å². The Balaban J connectivity index is 2.46. The van der Waals surface area contributed by atoms with Crippen LogP contribution in [0.25, 0.3) is 0 Å². The zero-order valence-corrected chi connectivity index (χ0v) is 10.3. The lowest BCUT2D eigenvalue weighted by atomic mass is 9.92. The van der Waals surface area contributed by atoms with Gasteiger partial charge in [0, 0.05) is 6.54 Å². The highest BCUT2D eigenvalue weighted by Gasteiger charge is 2.18. The molecule has 1 aromatic rings. The Hall–Kier alpha value is -0.240. The molecule has 1 nitrogen and oxygen atoms in total. The second-order valence-corrected chi connectivity index (χ2v) is 4.84. The Kier molecular flexibility index (Phi) is 3.55. The zero-order valence-electron chi connectivity index (χ0n) is 8.82. The summed E-state index contributed by atoms with van der Waals surface area (Å²) in [5, 5.41) is 4.80. The highest BCUT2D eigenvalue weighted by Crippen LogP contribution is 2.32. The summed E-state index contributed by atoms with van der Waals surface area (Å²) in [5.41, 5.74) is 2.72. The Labute approximate surface area is 101 Å². The molecular formula is C12H15Cl2N. The third kappa shape index (κ3) is 2.30. The molecule has 0 aromatic heterocycles. The average molecular weight is 244 g/mol. The van der Waals surface area contributed by atoms with Crippen LogP contribution in [0.1, 0.15) is 30.4 Å². The van der Waals surface area contributed by atoms with E-state index < -0.39 is 0 Å². The summed E-state index contributed by atoms with van der Waals surface area (Å²) in [5.74, 6) is 0.567. The molecule has 0 amide bonds. The molecule has 3 heteroatoms. The molecule has 0 fully saturated rings. The van der Waals surface area contributed by atoms with Crippen LogP contribution < -0.4 is 5.32 Å². The van der Waals surface area contributed by atoms with Crippen molar-refractivity contribution < 1.29 is 0 Å². The molecule has 0 radical (unpaired) electrons. The molecule has 1 aliphatic heterocycles. The van der Waals surface area contributed by atoms with Crippen LogP contribution in [0.2, 0.25) is 10.0 Å². The number of hydrogen-bond donors (Lipinski definition) is 1. The van der Waals surface area contributed by atoms with E-state index in [-0.39, 0.29) is 0 Å². The maximum absolute atomic E-state index is 6.07. The van der Waals surface area contributed by atoms with E-state index >= 15 is 0 Å². The van der Waals surface area contributed by atoms with Crippen molar-refractivity contribution in [3.8, 4) is 0 Å². The fourth-order valence-corrected chi connectivity index (χ4v) is 2.53. The van der Waals surface area contributed by atoms with Crippen LogP contribution in [0.3, 0.4) is 0 Å². The lowest BCUT2D eigenvalue weighted by Gasteiger charge is -2.16. The van der Waals surface area contributed by atoms with Gasteiger partial charge in [-0.25, -0.2) is 0 Å². The second-order valence-electron chi connectivity index (χ2n) is 4.02. The minimum absolute atomic E-state index is 0.567. The standard InChI is InChI=1S/C12H15Cl2N/c1-2-8-7-15-4-3-9-5-11(13)12(14)6-10(8)9/h5-6,8,15H,2-4,7H2,1H3/t8-/m1/s1. The molecule has 0 unspecified atom stereocenters. The van der Waals surface area contributed by atoms with Gasteiger partial charge in [-0.1, -0.05) is 30.1 Å². The fraction of sp³-hybridized carbons (Fsp3) is 0.500. The molecule has 1 aliphatic rings. The fourth-order valence-electron chi connectivity index (χ4n) is 2.17. The van der Waals surface area contributed by atoms with Crippen LogP contribution >= 0.6 is 23.2 Å². The SMILES string of the molecule is CC[C@@H]1CNCCc2cc(Cl)c(Cl)cc21. The van der Waals surface area contributed by atoms with Gasteiger partial charge in [0.25, 0.3) is 0 Å². The van der Waals surface area contributed by atoms with E-state index in [0.29, 0.717) is 16.0 Å². The van der Waals surface area contributed by atoms with Gasteiger partial charge >= 0.3 is 0 Å². The monoisotopic (exact) mass is 243 g/mol. The maximum Gasteiger partial charge on any atom is 0.0595 e. The lowest BCUT2D eigenvalue weighted by molar-refractivity contribution is 0.595. The summed E-state index contributed by atoms with van der Waals surface area (Å²) < 4.78 is 0. The molecule has 0 saturated carbocycles. The highest BCUT2D eigenvalue weighted by molar-refractivity contribution is 6.42. The Bertz CT molecular complexity index is 363. The van der Waals surface area contributed by atoms with Gasteiger partial charge in [0.15, 0.2) is 0 Å². The van der Waals surface area contributed by atoms with Gasteiger partial charge < -0.3 is 5.32 Å². The van der Waals surface area contributed by atoms with Gasteiger partial charge in [0.2, 0.25) is 0 Å². The van der Waals surface area contributed by atoms with E-state index in [1.54, 1.807) is 0 Å². The minimum Gasteiger partial charge on any atom is -0.316 e. The van der Waals surface area contributed by atoms with Gasteiger partial charge in [-0.3, -0.25) is 0 Å². The predicted molar refractivity (Wildman–Crippen MR) is 66.1 cm³/mol. The van der Waals surface area contributed by atoms with Crippen molar-refractivity contribution >= 4 is 23.2 Å². The molecule has 1 aromatic carbocycles. The first-order chi connectivity index (χ1) is 7.22. The topological polar surface area (TPSA) is 12.0 Å². The van der Waals surface area contributed by atoms with Crippen molar-refractivity contribution in [1.82, 2.24) is 5.32 Å². The molecule has 1 atom stereocenters. The quantitative estimate of drug-likeness (QED) is 0.795. The molecule has 82 valence electrons. The Morgan fingerprint density at radius 3 is 2.80 bits per heavy atom. The van der Waals surface area contributed by atoms with E-state index in [1.807, 2.05) is 12.1 Å². The second kappa shape index (κ2) is 4.73. The Morgan fingerprint density at radius 2 is 2.07 bits per heavy atom. The average Bonchev–Trinajstić information content (AvgIpc) is 2.41. The van der Waals surface area contributed by atoms with E-state index in [9.17, 15) is 0 Å². The van der Waals surface area contributed by atoms with Crippen molar-refractivity contribution in [2.24, 2.45) is 0 Å². The van der Waals surface area contributed by atoms with Crippen molar-refractivity contribution in [3.63, 3.8) is 0 Å². The van der Waals surface area contributed by atoms with Crippen molar-refractivity contribution in [1.29, 1.82) is 0 Å². The number of nitrogens with one attached hydrogen (secondary N) is 1. The van der Waals surface area contributed by atoms with Crippen molar-refractivity contribution in [2.45, 2.75) is 25.7 Å². The van der Waals surface area contributed by atoms with Crippen LogP contribution in [0, 0.1) is 0 Å². The first-order valence-electron chi connectivity index (χ1n) is 5.41. The predicted octanol–water partition coefficient (Wildman–Crippen LogP) is 3.63. The van der Waals surface area contributed by atoms with Crippen molar-refractivity contribution in [3.05, 3.63) is 33.3 Å². The van der Waals surface area contributed by atoms with E-state index in [2.05, 4.69) is 12.2 Å². The first-order valence-corrected chi connectivity index (χ1v) is 6.16. The molecule has 2 rings (SSSR count). The summed E-state index contributed by atoms with van der Waals surface area (Å²) >= 11 is 12.1. The van der Waals surface area contributed by atoms with Gasteiger partial charge in [-0.15, -0.1) is 0 Å². The van der Waals surface area contributed by atoms with E-state index in [1.165, 1.54) is 11.1 Å².